The van der Waals surface area contributed by atoms with Crippen LogP contribution in [0.1, 0.15) is 43.4 Å². The van der Waals surface area contributed by atoms with Gasteiger partial charge in [-0.05, 0) is 48.6 Å². The Labute approximate surface area is 177 Å². The molecule has 0 amide bonds. The molecule has 0 aromatic heterocycles. The number of carboxylic acid groups (broad SMARTS) is 1. The Kier molecular flexibility index (Phi) is 5.12. The van der Waals surface area contributed by atoms with Crippen LogP contribution < -0.4 is 10.0 Å². The maximum atomic E-state index is 13.2. The topological polar surface area (TPSA) is 98.7 Å². The summed E-state index contributed by atoms with van der Waals surface area (Å²) in [5.41, 5.74) is 2.10. The number of rotatable bonds is 7. The number of nitrogens with one attached hydrogen (secondary N) is 2. The van der Waals surface area contributed by atoms with Crippen molar-refractivity contribution in [3.05, 3.63) is 65.2 Å². The van der Waals surface area contributed by atoms with Gasteiger partial charge >= 0.3 is 5.97 Å². The molecule has 4 rings (SSSR count). The summed E-state index contributed by atoms with van der Waals surface area (Å²) >= 11 is 0. The molecule has 2 aliphatic rings. The van der Waals surface area contributed by atoms with Gasteiger partial charge in [-0.2, -0.15) is 17.4 Å². The van der Waals surface area contributed by atoms with Crippen molar-refractivity contribution in [1.29, 1.82) is 0 Å². The molecule has 2 aromatic rings. The molecular formula is C22H27N3O4S. The lowest BCUT2D eigenvalue weighted by atomic mass is 10.1. The predicted octanol–water partition coefficient (Wildman–Crippen LogP) is 2.91. The van der Waals surface area contributed by atoms with Gasteiger partial charge in [0.1, 0.15) is 5.54 Å². The largest absolute Gasteiger partial charge is 0.480 e. The van der Waals surface area contributed by atoms with Crippen molar-refractivity contribution < 1.29 is 18.3 Å². The molecule has 1 aliphatic heterocycles. The smallest absolute Gasteiger partial charge is 0.325 e. The highest BCUT2D eigenvalue weighted by molar-refractivity contribution is 7.87. The van der Waals surface area contributed by atoms with Crippen molar-refractivity contribution in [2.45, 2.75) is 51.4 Å². The van der Waals surface area contributed by atoms with Gasteiger partial charge in [0.25, 0.3) is 10.2 Å². The second-order valence-electron chi connectivity index (χ2n) is 8.51. The lowest BCUT2D eigenvalue weighted by molar-refractivity contribution is -0.140. The third-order valence-electron chi connectivity index (χ3n) is 6.11. The van der Waals surface area contributed by atoms with Crippen LogP contribution in [-0.4, -0.2) is 35.4 Å². The molecule has 0 saturated heterocycles. The zero-order valence-corrected chi connectivity index (χ0v) is 18.1. The third-order valence-corrected chi connectivity index (χ3v) is 7.64. The highest BCUT2D eigenvalue weighted by Crippen LogP contribution is 2.58. The first-order valence-electron chi connectivity index (χ1n) is 10.1. The Morgan fingerprint density at radius 1 is 1.13 bits per heavy atom. The average molecular weight is 430 g/mol. The monoisotopic (exact) mass is 429 g/mol. The van der Waals surface area contributed by atoms with Crippen molar-refractivity contribution in [3.8, 4) is 0 Å². The fourth-order valence-corrected chi connectivity index (χ4v) is 6.11. The van der Waals surface area contributed by atoms with E-state index in [1.807, 2.05) is 62.4 Å². The van der Waals surface area contributed by atoms with Gasteiger partial charge in [0.2, 0.25) is 0 Å². The summed E-state index contributed by atoms with van der Waals surface area (Å²) in [4.78, 5) is 12.2. The average Bonchev–Trinajstić information content (AvgIpc) is 3.05. The fourth-order valence-electron chi connectivity index (χ4n) is 4.54. The second-order valence-corrected chi connectivity index (χ2v) is 10.2. The summed E-state index contributed by atoms with van der Waals surface area (Å²) < 4.78 is 30.2. The van der Waals surface area contributed by atoms with Crippen molar-refractivity contribution in [3.63, 3.8) is 0 Å². The SMILES string of the molecule is CC(C)Nc1ccc2c(c1)CN(S(=O)(=O)N[C@]1(C(=O)O)C(c3ccccc3)[C@@H]1C)C2. The minimum atomic E-state index is -4.00. The Balaban J connectivity index is 1.56. The molecule has 3 N–H and O–H groups in total. The molecule has 7 nitrogen and oxygen atoms in total. The predicted molar refractivity (Wildman–Crippen MR) is 115 cm³/mol. The number of hydrogen-bond acceptors (Lipinski definition) is 4. The summed E-state index contributed by atoms with van der Waals surface area (Å²) in [7, 11) is -4.00. The van der Waals surface area contributed by atoms with Crippen LogP contribution in [0.3, 0.4) is 0 Å². The van der Waals surface area contributed by atoms with Crippen molar-refractivity contribution in [1.82, 2.24) is 9.03 Å². The maximum Gasteiger partial charge on any atom is 0.325 e. The first-order valence-corrected chi connectivity index (χ1v) is 11.5. The molecule has 30 heavy (non-hydrogen) atoms. The Bertz CT molecular complexity index is 1070. The van der Waals surface area contributed by atoms with E-state index in [0.717, 1.165) is 22.4 Å². The van der Waals surface area contributed by atoms with Crippen molar-refractivity contribution >= 4 is 21.9 Å². The quantitative estimate of drug-likeness (QED) is 0.629. The molecule has 160 valence electrons. The van der Waals surface area contributed by atoms with Crippen LogP contribution in [0.4, 0.5) is 5.69 Å². The number of anilines is 1. The molecule has 0 radical (unpaired) electrons. The standard InChI is InChI=1S/C22H27N3O4S/c1-14(2)23-19-10-9-17-12-25(13-18(17)11-19)30(28,29)24-22(21(26)27)15(3)20(22)16-7-5-4-6-8-16/h4-11,14-15,20,23-24H,12-13H2,1-3H3,(H,26,27)/t15-,20?,22-/m0/s1. The van der Waals surface area contributed by atoms with Crippen molar-refractivity contribution in [2.75, 3.05) is 5.32 Å². The van der Waals surface area contributed by atoms with Gasteiger partial charge in [-0.3, -0.25) is 4.79 Å². The molecular weight excluding hydrogens is 402 g/mol. The number of carboxylic acids is 1. The Morgan fingerprint density at radius 2 is 1.80 bits per heavy atom. The van der Waals surface area contributed by atoms with Crippen molar-refractivity contribution in [2.24, 2.45) is 5.92 Å². The van der Waals surface area contributed by atoms with E-state index < -0.39 is 27.6 Å². The molecule has 8 heteroatoms. The minimum absolute atomic E-state index is 0.221. The van der Waals surface area contributed by atoms with Crippen LogP contribution in [-0.2, 0) is 28.1 Å². The zero-order valence-electron chi connectivity index (χ0n) is 17.3. The van der Waals surface area contributed by atoms with E-state index in [0.29, 0.717) is 0 Å². The fraction of sp³-hybridized carbons (Fsp3) is 0.409. The number of fused-ring (bicyclic) bond motifs is 1. The summed E-state index contributed by atoms with van der Waals surface area (Å²) in [6.45, 7) is 6.31. The van der Waals surface area contributed by atoms with Gasteiger partial charge < -0.3 is 10.4 Å². The number of benzene rings is 2. The van der Waals surface area contributed by atoms with Crippen LogP contribution >= 0.6 is 0 Å². The van der Waals surface area contributed by atoms with E-state index in [1.165, 1.54) is 4.31 Å². The number of carbonyl (C=O) groups is 1. The van der Waals surface area contributed by atoms with Crippen LogP contribution in [0.2, 0.25) is 0 Å². The van der Waals surface area contributed by atoms with E-state index in [1.54, 1.807) is 6.92 Å². The van der Waals surface area contributed by atoms with Crippen LogP contribution in [0.15, 0.2) is 48.5 Å². The zero-order chi connectivity index (χ0) is 21.7. The van der Waals surface area contributed by atoms with E-state index in [-0.39, 0.29) is 25.0 Å². The number of hydrogen-bond donors (Lipinski definition) is 3. The second kappa shape index (κ2) is 7.37. The first-order chi connectivity index (χ1) is 14.1. The lowest BCUT2D eigenvalue weighted by Gasteiger charge is -2.21. The summed E-state index contributed by atoms with van der Waals surface area (Å²) in [6.07, 6.45) is 0. The molecule has 2 aromatic carbocycles. The molecule has 1 saturated carbocycles. The molecule has 1 heterocycles. The van der Waals surface area contributed by atoms with Gasteiger partial charge in [0.05, 0.1) is 0 Å². The van der Waals surface area contributed by atoms with E-state index in [4.69, 9.17) is 0 Å². The first kappa shape index (κ1) is 20.8. The van der Waals surface area contributed by atoms with Gasteiger partial charge in [-0.25, -0.2) is 0 Å². The summed E-state index contributed by atoms with van der Waals surface area (Å²) in [5.74, 6) is -1.90. The molecule has 0 bridgehead atoms. The number of nitrogens with zero attached hydrogens (tertiary/aromatic N) is 1. The van der Waals surface area contributed by atoms with E-state index >= 15 is 0 Å². The summed E-state index contributed by atoms with van der Waals surface area (Å²) in [5, 5.41) is 13.3. The molecule has 1 unspecified atom stereocenters. The van der Waals surface area contributed by atoms with Crippen LogP contribution in [0.25, 0.3) is 0 Å². The van der Waals surface area contributed by atoms with Gasteiger partial charge in [-0.15, -0.1) is 0 Å². The molecule has 0 spiro atoms. The van der Waals surface area contributed by atoms with E-state index in [9.17, 15) is 18.3 Å². The van der Waals surface area contributed by atoms with Crippen LogP contribution in [0.5, 0.6) is 0 Å². The molecule has 3 atom stereocenters. The van der Waals surface area contributed by atoms with Gasteiger partial charge in [-0.1, -0.05) is 43.3 Å². The Hall–Kier alpha value is -2.42. The van der Waals surface area contributed by atoms with Gasteiger partial charge in [0, 0.05) is 30.7 Å². The minimum Gasteiger partial charge on any atom is -0.480 e. The number of aliphatic carboxylic acids is 1. The molecule has 1 fully saturated rings. The molecule has 1 aliphatic carbocycles. The van der Waals surface area contributed by atoms with E-state index in [2.05, 4.69) is 10.0 Å². The van der Waals surface area contributed by atoms with Gasteiger partial charge in [0.15, 0.2) is 0 Å². The highest BCUT2D eigenvalue weighted by Gasteiger charge is 2.70. The summed E-state index contributed by atoms with van der Waals surface area (Å²) in [6, 6.07) is 15.3. The normalized spacial score (nSPS) is 25.9. The highest BCUT2D eigenvalue weighted by atomic mass is 32.2. The third kappa shape index (κ3) is 3.49. The maximum absolute atomic E-state index is 13.2. The Morgan fingerprint density at radius 3 is 2.43 bits per heavy atom. The van der Waals surface area contributed by atoms with Crippen LogP contribution in [0, 0.1) is 5.92 Å². The lowest BCUT2D eigenvalue weighted by Crippen LogP contribution is -2.50.